The molecule has 0 amide bonds. The monoisotopic (exact) mass is 233 g/mol. The fourth-order valence-electron chi connectivity index (χ4n) is 2.70. The van der Waals surface area contributed by atoms with Gasteiger partial charge in [-0.2, -0.15) is 0 Å². The third-order valence-electron chi connectivity index (χ3n) is 3.89. The van der Waals surface area contributed by atoms with Crippen molar-refractivity contribution in [2.45, 2.75) is 32.3 Å². The molecule has 3 unspecified atom stereocenters. The maximum absolute atomic E-state index is 9.59. The van der Waals surface area contributed by atoms with E-state index in [-0.39, 0.29) is 6.10 Å². The van der Waals surface area contributed by atoms with Crippen molar-refractivity contribution >= 4 is 0 Å². The number of hydrogen-bond acceptors (Lipinski definition) is 2. The first-order valence-electron chi connectivity index (χ1n) is 6.62. The average Bonchev–Trinajstić information content (AvgIpc) is 2.79. The lowest BCUT2D eigenvalue weighted by atomic mass is 10.0. The third-order valence-corrected chi connectivity index (χ3v) is 3.89. The molecule has 1 aliphatic rings. The molecule has 0 aliphatic carbocycles. The van der Waals surface area contributed by atoms with Crippen LogP contribution in [0.25, 0.3) is 0 Å². The summed E-state index contributed by atoms with van der Waals surface area (Å²) in [5, 5.41) is 9.59. The van der Waals surface area contributed by atoms with Gasteiger partial charge in [-0.25, -0.2) is 0 Å². The molecule has 2 rings (SSSR count). The van der Waals surface area contributed by atoms with E-state index in [0.717, 1.165) is 26.1 Å². The van der Waals surface area contributed by atoms with E-state index in [1.165, 1.54) is 5.56 Å². The van der Waals surface area contributed by atoms with Gasteiger partial charge in [0.25, 0.3) is 0 Å². The van der Waals surface area contributed by atoms with E-state index < -0.39 is 0 Å². The Bertz CT molecular complexity index is 336. The summed E-state index contributed by atoms with van der Waals surface area (Å²) in [6.45, 7) is 7.48. The van der Waals surface area contributed by atoms with Crippen LogP contribution in [0.5, 0.6) is 0 Å². The van der Waals surface area contributed by atoms with E-state index in [4.69, 9.17) is 0 Å². The number of rotatable bonds is 4. The van der Waals surface area contributed by atoms with Gasteiger partial charge in [-0.15, -0.1) is 0 Å². The van der Waals surface area contributed by atoms with Crippen LogP contribution >= 0.6 is 0 Å². The van der Waals surface area contributed by atoms with Crippen LogP contribution < -0.4 is 0 Å². The Balaban J connectivity index is 1.86. The molecule has 94 valence electrons. The molecule has 1 fully saturated rings. The Hall–Kier alpha value is -0.860. The van der Waals surface area contributed by atoms with Crippen LogP contribution in [0, 0.1) is 5.92 Å². The highest BCUT2D eigenvalue weighted by Gasteiger charge is 2.26. The van der Waals surface area contributed by atoms with E-state index in [0.29, 0.717) is 11.8 Å². The second kappa shape index (κ2) is 5.65. The fraction of sp³-hybridized carbons (Fsp3) is 0.600. The second-order valence-corrected chi connectivity index (χ2v) is 5.36. The van der Waals surface area contributed by atoms with Crippen molar-refractivity contribution in [1.82, 2.24) is 4.90 Å². The first kappa shape index (κ1) is 12.6. The van der Waals surface area contributed by atoms with E-state index in [1.54, 1.807) is 0 Å². The Kier molecular flexibility index (Phi) is 4.19. The summed E-state index contributed by atoms with van der Waals surface area (Å²) in [4.78, 5) is 2.48. The minimum atomic E-state index is -0.160. The Labute approximate surface area is 104 Å². The van der Waals surface area contributed by atoms with Gasteiger partial charge in [-0.05, 0) is 37.3 Å². The Morgan fingerprint density at radius 1 is 1.29 bits per heavy atom. The molecule has 1 saturated heterocycles. The summed E-state index contributed by atoms with van der Waals surface area (Å²) < 4.78 is 0. The average molecular weight is 233 g/mol. The zero-order chi connectivity index (χ0) is 12.3. The number of aliphatic hydroxyl groups is 1. The van der Waals surface area contributed by atoms with Crippen molar-refractivity contribution in [2.24, 2.45) is 5.92 Å². The summed E-state index contributed by atoms with van der Waals surface area (Å²) in [5.74, 6) is 1.04. The summed E-state index contributed by atoms with van der Waals surface area (Å²) in [5.41, 5.74) is 1.41. The molecular weight excluding hydrogens is 210 g/mol. The molecule has 0 bridgehead atoms. The van der Waals surface area contributed by atoms with E-state index in [2.05, 4.69) is 42.2 Å². The van der Waals surface area contributed by atoms with E-state index in [9.17, 15) is 5.11 Å². The van der Waals surface area contributed by atoms with Gasteiger partial charge in [0.05, 0.1) is 6.10 Å². The Morgan fingerprint density at radius 2 is 2.00 bits per heavy atom. The molecule has 1 aromatic carbocycles. The zero-order valence-electron chi connectivity index (χ0n) is 10.8. The van der Waals surface area contributed by atoms with Crippen molar-refractivity contribution in [3.8, 4) is 0 Å². The van der Waals surface area contributed by atoms with E-state index in [1.807, 2.05) is 6.92 Å². The first-order valence-corrected chi connectivity index (χ1v) is 6.62. The topological polar surface area (TPSA) is 23.5 Å². The molecule has 17 heavy (non-hydrogen) atoms. The zero-order valence-corrected chi connectivity index (χ0v) is 10.8. The van der Waals surface area contributed by atoms with Gasteiger partial charge in [0.1, 0.15) is 0 Å². The van der Waals surface area contributed by atoms with Crippen molar-refractivity contribution in [1.29, 1.82) is 0 Å². The summed E-state index contributed by atoms with van der Waals surface area (Å²) in [6, 6.07) is 10.7. The van der Waals surface area contributed by atoms with Gasteiger partial charge in [-0.1, -0.05) is 37.3 Å². The molecule has 0 spiro atoms. The molecule has 2 heteroatoms. The van der Waals surface area contributed by atoms with Crippen molar-refractivity contribution in [3.63, 3.8) is 0 Å². The molecule has 1 aromatic rings. The van der Waals surface area contributed by atoms with Gasteiger partial charge in [0.15, 0.2) is 0 Å². The van der Waals surface area contributed by atoms with Crippen molar-refractivity contribution in [2.75, 3.05) is 19.6 Å². The largest absolute Gasteiger partial charge is 0.393 e. The van der Waals surface area contributed by atoms with Gasteiger partial charge < -0.3 is 10.0 Å². The molecule has 0 radical (unpaired) electrons. The maximum atomic E-state index is 9.59. The van der Waals surface area contributed by atoms with Crippen LogP contribution in [0.2, 0.25) is 0 Å². The standard InChI is InChI=1S/C15H23NO/c1-12(14-6-4-3-5-7-14)10-16-9-8-15(11-16)13(2)17/h3-7,12-13,15,17H,8-11H2,1-2H3. The minimum absolute atomic E-state index is 0.160. The lowest BCUT2D eigenvalue weighted by Crippen LogP contribution is -2.27. The predicted molar refractivity (Wildman–Crippen MR) is 71.1 cm³/mol. The molecule has 1 aliphatic heterocycles. The minimum Gasteiger partial charge on any atom is -0.393 e. The van der Waals surface area contributed by atoms with Crippen LogP contribution in [0.1, 0.15) is 31.7 Å². The number of aliphatic hydroxyl groups excluding tert-OH is 1. The lowest BCUT2D eigenvalue weighted by Gasteiger charge is -2.21. The number of nitrogens with zero attached hydrogens (tertiary/aromatic N) is 1. The van der Waals surface area contributed by atoms with Gasteiger partial charge in [0.2, 0.25) is 0 Å². The van der Waals surface area contributed by atoms with Crippen molar-refractivity contribution in [3.05, 3.63) is 35.9 Å². The quantitative estimate of drug-likeness (QED) is 0.863. The smallest absolute Gasteiger partial charge is 0.0552 e. The number of hydrogen-bond donors (Lipinski definition) is 1. The van der Waals surface area contributed by atoms with Crippen LogP contribution in [-0.2, 0) is 0 Å². The van der Waals surface area contributed by atoms with Crippen LogP contribution in [0.4, 0.5) is 0 Å². The molecular formula is C15H23NO. The van der Waals surface area contributed by atoms with Crippen LogP contribution in [0.3, 0.4) is 0 Å². The SMILES string of the molecule is CC(CN1CCC(C(C)O)C1)c1ccccc1. The molecule has 3 atom stereocenters. The van der Waals surface area contributed by atoms with Gasteiger partial charge in [-0.3, -0.25) is 0 Å². The normalized spacial score (nSPS) is 24.8. The van der Waals surface area contributed by atoms with Gasteiger partial charge in [0, 0.05) is 13.1 Å². The third kappa shape index (κ3) is 3.30. The predicted octanol–water partition coefficient (Wildman–Crippen LogP) is 2.49. The summed E-state index contributed by atoms with van der Waals surface area (Å²) in [6.07, 6.45) is 0.978. The second-order valence-electron chi connectivity index (χ2n) is 5.36. The highest BCUT2D eigenvalue weighted by molar-refractivity contribution is 5.19. The highest BCUT2D eigenvalue weighted by Crippen LogP contribution is 2.23. The first-order chi connectivity index (χ1) is 8.16. The number of likely N-dealkylation sites (tertiary alicyclic amines) is 1. The Morgan fingerprint density at radius 3 is 2.59 bits per heavy atom. The van der Waals surface area contributed by atoms with Crippen LogP contribution in [-0.4, -0.2) is 35.7 Å². The fourth-order valence-corrected chi connectivity index (χ4v) is 2.70. The summed E-state index contributed by atoms with van der Waals surface area (Å²) >= 11 is 0. The number of benzene rings is 1. The molecule has 0 saturated carbocycles. The molecule has 1 heterocycles. The lowest BCUT2D eigenvalue weighted by molar-refractivity contribution is 0.127. The molecule has 2 nitrogen and oxygen atoms in total. The van der Waals surface area contributed by atoms with Gasteiger partial charge >= 0.3 is 0 Å². The highest BCUT2D eigenvalue weighted by atomic mass is 16.3. The maximum Gasteiger partial charge on any atom is 0.0552 e. The van der Waals surface area contributed by atoms with E-state index >= 15 is 0 Å². The van der Waals surface area contributed by atoms with Crippen LogP contribution in [0.15, 0.2) is 30.3 Å². The summed E-state index contributed by atoms with van der Waals surface area (Å²) in [7, 11) is 0. The molecule has 1 N–H and O–H groups in total. The van der Waals surface area contributed by atoms with Crippen molar-refractivity contribution < 1.29 is 5.11 Å². The molecule has 0 aromatic heterocycles.